The van der Waals surface area contributed by atoms with Gasteiger partial charge in [-0.1, -0.05) is 32.9 Å². The van der Waals surface area contributed by atoms with E-state index in [2.05, 4.69) is 30.8 Å². The van der Waals surface area contributed by atoms with E-state index in [-0.39, 0.29) is 22.0 Å². The number of nitrogens with one attached hydrogen (secondary N) is 2. The van der Waals surface area contributed by atoms with Crippen molar-refractivity contribution >= 4 is 27.3 Å². The van der Waals surface area contributed by atoms with Crippen LogP contribution in [-0.2, 0) is 15.4 Å². The first-order valence-electron chi connectivity index (χ1n) is 10.3. The van der Waals surface area contributed by atoms with Crippen molar-refractivity contribution in [2.45, 2.75) is 31.1 Å². The van der Waals surface area contributed by atoms with Gasteiger partial charge in [-0.3, -0.25) is 9.52 Å². The Hall–Kier alpha value is -3.52. The van der Waals surface area contributed by atoms with Crippen molar-refractivity contribution in [2.75, 3.05) is 24.3 Å². The van der Waals surface area contributed by atoms with E-state index < -0.39 is 10.0 Å². The Kier molecular flexibility index (Phi) is 6.98. The molecule has 3 rings (SSSR count). The lowest BCUT2D eigenvalue weighted by Crippen LogP contribution is -2.16. The van der Waals surface area contributed by atoms with Gasteiger partial charge in [0.25, 0.3) is 15.9 Å². The van der Waals surface area contributed by atoms with Crippen LogP contribution in [0.1, 0.15) is 36.7 Å². The van der Waals surface area contributed by atoms with Crippen LogP contribution >= 0.6 is 0 Å². The lowest BCUT2D eigenvalue weighted by atomic mass is 9.87. The number of amides is 1. The highest BCUT2D eigenvalue weighted by Gasteiger charge is 2.21. The third kappa shape index (κ3) is 5.84. The molecule has 8 heteroatoms. The molecule has 0 saturated carbocycles. The molecule has 0 bridgehead atoms. The van der Waals surface area contributed by atoms with Gasteiger partial charge in [0, 0.05) is 16.9 Å². The summed E-state index contributed by atoms with van der Waals surface area (Å²) >= 11 is 0. The van der Waals surface area contributed by atoms with Gasteiger partial charge in [0.05, 0.1) is 14.2 Å². The zero-order valence-corrected chi connectivity index (χ0v) is 20.1. The largest absolute Gasteiger partial charge is 0.497 e. The molecule has 0 heterocycles. The molecule has 0 fully saturated rings. The molecule has 0 unspecified atom stereocenters. The van der Waals surface area contributed by atoms with Gasteiger partial charge >= 0.3 is 0 Å². The van der Waals surface area contributed by atoms with Crippen molar-refractivity contribution in [3.8, 4) is 11.5 Å². The van der Waals surface area contributed by atoms with Gasteiger partial charge in [-0.2, -0.15) is 0 Å². The molecule has 0 aliphatic heterocycles. The summed E-state index contributed by atoms with van der Waals surface area (Å²) in [6.45, 7) is 6.30. The van der Waals surface area contributed by atoms with Gasteiger partial charge < -0.3 is 14.8 Å². The number of ether oxygens (including phenoxy) is 2. The average Bonchev–Trinajstić information content (AvgIpc) is 2.79. The fourth-order valence-corrected chi connectivity index (χ4v) is 4.41. The van der Waals surface area contributed by atoms with E-state index in [4.69, 9.17) is 9.47 Å². The third-order valence-electron chi connectivity index (χ3n) is 5.07. The van der Waals surface area contributed by atoms with Crippen LogP contribution in [0.4, 0.5) is 11.4 Å². The summed E-state index contributed by atoms with van der Waals surface area (Å²) < 4.78 is 38.9. The van der Waals surface area contributed by atoms with E-state index in [0.29, 0.717) is 22.7 Å². The maximum Gasteiger partial charge on any atom is 0.265 e. The van der Waals surface area contributed by atoms with Crippen LogP contribution in [0.25, 0.3) is 0 Å². The molecule has 0 radical (unpaired) electrons. The van der Waals surface area contributed by atoms with Crippen LogP contribution in [0.5, 0.6) is 11.5 Å². The number of rotatable bonds is 7. The first-order valence-corrected chi connectivity index (χ1v) is 11.8. The quantitative estimate of drug-likeness (QED) is 0.506. The number of carbonyl (C=O) groups excluding carboxylic acids is 1. The van der Waals surface area contributed by atoms with Crippen LogP contribution in [-0.4, -0.2) is 28.5 Å². The Morgan fingerprint density at radius 3 is 1.97 bits per heavy atom. The van der Waals surface area contributed by atoms with Gasteiger partial charge in [0.2, 0.25) is 0 Å². The summed E-state index contributed by atoms with van der Waals surface area (Å²) in [5, 5.41) is 2.76. The van der Waals surface area contributed by atoms with Crippen molar-refractivity contribution in [1.82, 2.24) is 0 Å². The number of sulfonamides is 1. The van der Waals surface area contributed by atoms with Gasteiger partial charge in [0.15, 0.2) is 0 Å². The second-order valence-corrected chi connectivity index (χ2v) is 10.1. The molecular weight excluding hydrogens is 440 g/mol. The Morgan fingerprint density at radius 2 is 1.42 bits per heavy atom. The summed E-state index contributed by atoms with van der Waals surface area (Å²) in [5.74, 6) is 0.423. The summed E-state index contributed by atoms with van der Waals surface area (Å²) in [6.07, 6.45) is 0. The van der Waals surface area contributed by atoms with Crippen molar-refractivity contribution in [3.05, 3.63) is 77.9 Å². The predicted molar refractivity (Wildman–Crippen MR) is 130 cm³/mol. The van der Waals surface area contributed by atoms with Crippen molar-refractivity contribution in [1.29, 1.82) is 0 Å². The number of hydrogen-bond donors (Lipinski definition) is 2. The minimum Gasteiger partial charge on any atom is -0.497 e. The predicted octanol–water partition coefficient (Wildman–Crippen LogP) is 5.05. The standard InChI is InChI=1S/C25H28N2O5S/c1-25(2,3)18-8-6-17(7-9-18)24(28)26-20-12-15-22(32-5)23(16-20)33(29,30)27-19-10-13-21(31-4)14-11-19/h6-16,27H,1-5H3,(H,26,28). The van der Waals surface area contributed by atoms with E-state index in [9.17, 15) is 13.2 Å². The summed E-state index contributed by atoms with van der Waals surface area (Å²) in [6, 6.07) is 18.3. The zero-order chi connectivity index (χ0) is 24.2. The number of methoxy groups -OCH3 is 2. The minimum absolute atomic E-state index is 0.0227. The average molecular weight is 469 g/mol. The molecule has 3 aromatic carbocycles. The molecule has 0 spiro atoms. The molecule has 0 aliphatic carbocycles. The number of anilines is 2. The number of benzene rings is 3. The molecule has 3 aromatic rings. The molecule has 174 valence electrons. The summed E-state index contributed by atoms with van der Waals surface area (Å²) in [7, 11) is -1.07. The van der Waals surface area contributed by atoms with Crippen LogP contribution in [0.15, 0.2) is 71.6 Å². The van der Waals surface area contributed by atoms with Gasteiger partial charge in [-0.25, -0.2) is 8.42 Å². The monoisotopic (exact) mass is 468 g/mol. The van der Waals surface area contributed by atoms with Crippen LogP contribution in [0.2, 0.25) is 0 Å². The van der Waals surface area contributed by atoms with Crippen molar-refractivity contribution in [2.24, 2.45) is 0 Å². The lowest BCUT2D eigenvalue weighted by Gasteiger charge is -2.19. The Bertz CT molecular complexity index is 1230. The molecule has 0 aliphatic rings. The Morgan fingerprint density at radius 1 is 0.818 bits per heavy atom. The van der Waals surface area contributed by atoms with E-state index in [1.54, 1.807) is 42.5 Å². The normalized spacial score (nSPS) is 11.5. The topological polar surface area (TPSA) is 93.7 Å². The summed E-state index contributed by atoms with van der Waals surface area (Å²) in [5.41, 5.74) is 2.26. The van der Waals surface area contributed by atoms with Crippen LogP contribution < -0.4 is 19.5 Å². The molecule has 33 heavy (non-hydrogen) atoms. The molecule has 0 atom stereocenters. The second-order valence-electron chi connectivity index (χ2n) is 8.48. The fourth-order valence-electron chi connectivity index (χ4n) is 3.16. The van der Waals surface area contributed by atoms with Crippen molar-refractivity contribution < 1.29 is 22.7 Å². The highest BCUT2D eigenvalue weighted by Crippen LogP contribution is 2.30. The minimum atomic E-state index is -3.99. The van der Waals surface area contributed by atoms with Gasteiger partial charge in [0.1, 0.15) is 16.4 Å². The molecule has 2 N–H and O–H groups in total. The Labute approximate surface area is 194 Å². The Balaban J connectivity index is 1.84. The molecule has 1 amide bonds. The van der Waals surface area contributed by atoms with Gasteiger partial charge in [-0.15, -0.1) is 0 Å². The van der Waals surface area contributed by atoms with Gasteiger partial charge in [-0.05, 0) is 65.6 Å². The van der Waals surface area contributed by atoms with Crippen molar-refractivity contribution in [3.63, 3.8) is 0 Å². The zero-order valence-electron chi connectivity index (χ0n) is 19.3. The van der Waals surface area contributed by atoms with E-state index in [1.807, 2.05) is 12.1 Å². The maximum absolute atomic E-state index is 13.0. The molecule has 7 nitrogen and oxygen atoms in total. The fraction of sp³-hybridized carbons (Fsp3) is 0.240. The van der Waals surface area contributed by atoms with E-state index in [0.717, 1.165) is 5.56 Å². The number of hydrogen-bond acceptors (Lipinski definition) is 5. The highest BCUT2D eigenvalue weighted by molar-refractivity contribution is 7.92. The SMILES string of the molecule is COc1ccc(NS(=O)(=O)c2cc(NC(=O)c3ccc(C(C)(C)C)cc3)ccc2OC)cc1. The molecule has 0 saturated heterocycles. The first kappa shape index (κ1) is 24.1. The lowest BCUT2D eigenvalue weighted by molar-refractivity contribution is 0.102. The van der Waals surface area contributed by atoms with Crippen LogP contribution in [0.3, 0.4) is 0 Å². The smallest absolute Gasteiger partial charge is 0.265 e. The van der Waals surface area contributed by atoms with E-state index in [1.165, 1.54) is 26.4 Å². The molecular formula is C25H28N2O5S. The maximum atomic E-state index is 13.0. The molecule has 0 aromatic heterocycles. The first-order chi connectivity index (χ1) is 15.5. The van der Waals surface area contributed by atoms with E-state index >= 15 is 0 Å². The third-order valence-corrected chi connectivity index (χ3v) is 6.47. The van der Waals surface area contributed by atoms with Crippen LogP contribution in [0, 0.1) is 0 Å². The second kappa shape index (κ2) is 9.54. The highest BCUT2D eigenvalue weighted by atomic mass is 32.2. The number of carbonyl (C=O) groups is 1. The summed E-state index contributed by atoms with van der Waals surface area (Å²) in [4.78, 5) is 12.6.